The molecule has 0 spiro atoms. The predicted octanol–water partition coefficient (Wildman–Crippen LogP) is 1.16. The number of nitrogens with zero attached hydrogens (tertiary/aromatic N) is 1. The third kappa shape index (κ3) is 4.28. The Morgan fingerprint density at radius 1 is 1.33 bits per heavy atom. The molecule has 0 saturated carbocycles. The molecular weight excluding hydrogens is 344 g/mol. The van der Waals surface area contributed by atoms with E-state index in [0.29, 0.717) is 12.5 Å². The van der Waals surface area contributed by atoms with E-state index in [1.54, 1.807) is 6.92 Å². The number of esters is 1. The van der Waals surface area contributed by atoms with Gasteiger partial charge in [0.15, 0.2) is 16.4 Å². The Hall–Kier alpha value is -2.03. The molecule has 0 N–H and O–H groups in total. The van der Waals surface area contributed by atoms with Gasteiger partial charge in [-0.25, -0.2) is 22.0 Å². The number of hydrogen-bond donors (Lipinski definition) is 0. The molecule has 0 radical (unpaired) electrons. The quantitative estimate of drug-likeness (QED) is 0.735. The van der Waals surface area contributed by atoms with Crippen molar-refractivity contribution >= 4 is 21.7 Å². The second-order valence-corrected chi connectivity index (χ2v) is 7.67. The van der Waals surface area contributed by atoms with E-state index in [9.17, 15) is 26.8 Å². The van der Waals surface area contributed by atoms with Crippen molar-refractivity contribution < 1.29 is 31.5 Å². The Bertz CT molecular complexity index is 750. The zero-order valence-corrected chi connectivity index (χ0v) is 13.8. The molecule has 1 unspecified atom stereocenters. The summed E-state index contributed by atoms with van der Waals surface area (Å²) in [5, 5.41) is 0. The first-order chi connectivity index (χ1) is 11.2. The van der Waals surface area contributed by atoms with Crippen LogP contribution in [-0.4, -0.2) is 55.9 Å². The standard InChI is InChI=1S/C15H17F2NO5S/c1-2-18(11-5-6-24(21,22)9-11)14(19)8-23-15(20)12-4-3-10(16)7-13(12)17/h3-4,7,11H,2,5-6,8-9H2,1H3. The molecule has 1 aromatic rings. The van der Waals surface area contributed by atoms with E-state index >= 15 is 0 Å². The molecule has 1 aliphatic rings. The molecule has 1 heterocycles. The van der Waals surface area contributed by atoms with Gasteiger partial charge in [0.25, 0.3) is 5.91 Å². The summed E-state index contributed by atoms with van der Waals surface area (Å²) >= 11 is 0. The van der Waals surface area contributed by atoms with Crippen molar-refractivity contribution in [1.29, 1.82) is 0 Å². The lowest BCUT2D eigenvalue weighted by Gasteiger charge is -2.26. The number of carbonyl (C=O) groups is 2. The lowest BCUT2D eigenvalue weighted by atomic mass is 10.2. The van der Waals surface area contributed by atoms with E-state index in [4.69, 9.17) is 4.74 Å². The van der Waals surface area contributed by atoms with Gasteiger partial charge in [-0.05, 0) is 25.5 Å². The number of rotatable bonds is 5. The summed E-state index contributed by atoms with van der Waals surface area (Å²) in [7, 11) is -3.15. The Morgan fingerprint density at radius 2 is 2.04 bits per heavy atom. The van der Waals surface area contributed by atoms with Crippen molar-refractivity contribution in [3.63, 3.8) is 0 Å². The van der Waals surface area contributed by atoms with Crippen LogP contribution in [0.2, 0.25) is 0 Å². The second-order valence-electron chi connectivity index (χ2n) is 5.44. The number of hydrogen-bond acceptors (Lipinski definition) is 5. The summed E-state index contributed by atoms with van der Waals surface area (Å²) in [6, 6.07) is 1.93. The van der Waals surface area contributed by atoms with Crippen LogP contribution < -0.4 is 0 Å². The molecule has 24 heavy (non-hydrogen) atoms. The second kappa shape index (κ2) is 7.25. The van der Waals surface area contributed by atoms with Crippen molar-refractivity contribution in [2.45, 2.75) is 19.4 Å². The molecule has 0 aromatic heterocycles. The maximum absolute atomic E-state index is 13.5. The average Bonchev–Trinajstić information content (AvgIpc) is 2.85. The Balaban J connectivity index is 1.97. The van der Waals surface area contributed by atoms with Crippen molar-refractivity contribution in [3.05, 3.63) is 35.4 Å². The van der Waals surface area contributed by atoms with Crippen molar-refractivity contribution in [2.75, 3.05) is 24.7 Å². The molecule has 132 valence electrons. The minimum atomic E-state index is -3.15. The van der Waals surface area contributed by atoms with Gasteiger partial charge in [-0.15, -0.1) is 0 Å². The van der Waals surface area contributed by atoms with Gasteiger partial charge in [0.1, 0.15) is 11.6 Å². The smallest absolute Gasteiger partial charge is 0.341 e. The minimum Gasteiger partial charge on any atom is -0.452 e. The minimum absolute atomic E-state index is 0.0159. The van der Waals surface area contributed by atoms with Crippen molar-refractivity contribution in [2.24, 2.45) is 0 Å². The lowest BCUT2D eigenvalue weighted by Crippen LogP contribution is -2.43. The number of benzene rings is 1. The fourth-order valence-electron chi connectivity index (χ4n) is 2.60. The van der Waals surface area contributed by atoms with E-state index in [1.165, 1.54) is 4.90 Å². The number of sulfone groups is 1. The van der Waals surface area contributed by atoms with Crippen LogP contribution in [0.15, 0.2) is 18.2 Å². The molecule has 1 saturated heterocycles. The normalized spacial score (nSPS) is 19.0. The maximum Gasteiger partial charge on any atom is 0.341 e. The highest BCUT2D eigenvalue weighted by Gasteiger charge is 2.34. The predicted molar refractivity (Wildman–Crippen MR) is 81.1 cm³/mol. The van der Waals surface area contributed by atoms with Crippen LogP contribution in [0.1, 0.15) is 23.7 Å². The van der Waals surface area contributed by atoms with E-state index in [1.807, 2.05) is 0 Å². The first kappa shape index (κ1) is 18.3. The summed E-state index contributed by atoms with van der Waals surface area (Å²) in [5.41, 5.74) is -0.476. The van der Waals surface area contributed by atoms with Gasteiger partial charge in [0.2, 0.25) is 0 Å². The molecule has 1 atom stereocenters. The topological polar surface area (TPSA) is 80.8 Å². The van der Waals surface area contributed by atoms with Crippen LogP contribution in [0.4, 0.5) is 8.78 Å². The third-order valence-electron chi connectivity index (χ3n) is 3.79. The van der Waals surface area contributed by atoms with Crippen molar-refractivity contribution in [1.82, 2.24) is 4.90 Å². The molecular formula is C15H17F2NO5S. The van der Waals surface area contributed by atoms with Gasteiger partial charge in [-0.1, -0.05) is 0 Å². The number of carbonyl (C=O) groups excluding carboxylic acids is 2. The largest absolute Gasteiger partial charge is 0.452 e. The first-order valence-electron chi connectivity index (χ1n) is 7.35. The summed E-state index contributed by atoms with van der Waals surface area (Å²) in [4.78, 5) is 25.2. The highest BCUT2D eigenvalue weighted by Crippen LogP contribution is 2.18. The highest BCUT2D eigenvalue weighted by molar-refractivity contribution is 7.91. The van der Waals surface area contributed by atoms with E-state index in [2.05, 4.69) is 0 Å². The number of halogens is 2. The van der Waals surface area contributed by atoms with Crippen LogP contribution in [0.25, 0.3) is 0 Å². The third-order valence-corrected chi connectivity index (χ3v) is 5.54. The van der Waals surface area contributed by atoms with Crippen molar-refractivity contribution in [3.8, 4) is 0 Å². The summed E-state index contributed by atoms with van der Waals surface area (Å²) in [6.07, 6.45) is 0.336. The molecule has 1 aromatic carbocycles. The van der Waals surface area contributed by atoms with Gasteiger partial charge in [-0.3, -0.25) is 4.79 Å². The molecule has 0 bridgehead atoms. The van der Waals surface area contributed by atoms with Gasteiger partial charge in [0.05, 0.1) is 17.1 Å². The first-order valence-corrected chi connectivity index (χ1v) is 9.17. The number of amides is 1. The summed E-state index contributed by atoms with van der Waals surface area (Å²) in [6.45, 7) is 1.31. The Labute approximate surface area is 138 Å². The van der Waals surface area contributed by atoms with Crippen LogP contribution in [0.3, 0.4) is 0 Å². The van der Waals surface area contributed by atoms with Gasteiger partial charge in [-0.2, -0.15) is 0 Å². The van der Waals surface area contributed by atoms with Crippen LogP contribution in [0, 0.1) is 11.6 Å². The van der Waals surface area contributed by atoms with Crippen LogP contribution in [0.5, 0.6) is 0 Å². The molecule has 0 aliphatic carbocycles. The Kier molecular flexibility index (Phi) is 5.53. The Morgan fingerprint density at radius 3 is 2.58 bits per heavy atom. The zero-order chi connectivity index (χ0) is 17.9. The highest BCUT2D eigenvalue weighted by atomic mass is 32.2. The van der Waals surface area contributed by atoms with Crippen LogP contribution in [-0.2, 0) is 19.4 Å². The SMILES string of the molecule is CCN(C(=O)COC(=O)c1ccc(F)cc1F)C1CCS(=O)(=O)C1. The van der Waals surface area contributed by atoms with Gasteiger partial charge < -0.3 is 9.64 Å². The molecule has 1 amide bonds. The average molecular weight is 361 g/mol. The monoisotopic (exact) mass is 361 g/mol. The molecule has 2 rings (SSSR count). The molecule has 1 aliphatic heterocycles. The molecule has 9 heteroatoms. The molecule has 1 fully saturated rings. The fraction of sp³-hybridized carbons (Fsp3) is 0.467. The number of likely N-dealkylation sites (N-methyl/N-ethyl adjacent to an activating group) is 1. The van der Waals surface area contributed by atoms with E-state index < -0.39 is 51.6 Å². The lowest BCUT2D eigenvalue weighted by molar-refractivity contribution is -0.136. The van der Waals surface area contributed by atoms with Crippen LogP contribution >= 0.6 is 0 Å². The van der Waals surface area contributed by atoms with E-state index in [-0.39, 0.29) is 18.1 Å². The summed E-state index contributed by atoms with van der Waals surface area (Å²) < 4.78 is 54.1. The van der Waals surface area contributed by atoms with E-state index in [0.717, 1.165) is 12.1 Å². The maximum atomic E-state index is 13.5. The number of ether oxygens (including phenoxy) is 1. The van der Waals surface area contributed by atoms with Gasteiger partial charge in [0, 0.05) is 18.7 Å². The van der Waals surface area contributed by atoms with Gasteiger partial charge >= 0.3 is 5.97 Å². The molecule has 6 nitrogen and oxygen atoms in total. The fourth-order valence-corrected chi connectivity index (χ4v) is 4.33. The zero-order valence-electron chi connectivity index (χ0n) is 13.0. The summed E-state index contributed by atoms with van der Waals surface area (Å²) in [5.74, 6) is -3.66.